The van der Waals surface area contributed by atoms with E-state index in [0.717, 1.165) is 17.5 Å². The zero-order chi connectivity index (χ0) is 19.6. The van der Waals surface area contributed by atoms with E-state index in [4.69, 9.17) is 27.9 Å². The van der Waals surface area contributed by atoms with E-state index >= 15 is 0 Å². The van der Waals surface area contributed by atoms with Gasteiger partial charge in [0.05, 0.1) is 10.0 Å². The van der Waals surface area contributed by atoms with E-state index in [-0.39, 0.29) is 12.4 Å². The van der Waals surface area contributed by atoms with Crippen molar-refractivity contribution in [3.05, 3.63) is 69.3 Å². The molecule has 0 fully saturated rings. The number of hydrogen-bond acceptors (Lipinski definition) is 3. The molecule has 0 radical (unpaired) electrons. The van der Waals surface area contributed by atoms with E-state index in [2.05, 4.69) is 18.8 Å². The van der Waals surface area contributed by atoms with Gasteiger partial charge in [-0.25, -0.2) is 4.98 Å². The maximum absolute atomic E-state index is 12.5. The maximum atomic E-state index is 12.5. The number of hydrogen-bond donors (Lipinski definition) is 0. The summed E-state index contributed by atoms with van der Waals surface area (Å²) >= 11 is 12.6. The number of carbonyl (C=O) groups excluding carboxylic acids is 1. The Morgan fingerprint density at radius 1 is 1.11 bits per heavy atom. The third kappa shape index (κ3) is 4.26. The third-order valence-electron chi connectivity index (χ3n) is 4.74. The van der Waals surface area contributed by atoms with Crippen molar-refractivity contribution in [2.45, 2.75) is 33.1 Å². The number of Topliss-reactive ketones (excluding diaryl/α,β-unsaturated/α-hetero) is 1. The first kappa shape index (κ1) is 19.7. The summed E-state index contributed by atoms with van der Waals surface area (Å²) in [6, 6.07) is 13.0. The Balaban J connectivity index is 1.82. The molecule has 0 saturated carbocycles. The molecule has 2 aromatic carbocycles. The van der Waals surface area contributed by atoms with Gasteiger partial charge in [-0.15, -0.1) is 0 Å². The number of rotatable bonds is 6. The summed E-state index contributed by atoms with van der Waals surface area (Å²) in [4.78, 5) is 17.0. The summed E-state index contributed by atoms with van der Waals surface area (Å²) in [7, 11) is 0. The molecule has 0 aliphatic carbocycles. The van der Waals surface area contributed by atoms with E-state index in [1.165, 1.54) is 5.56 Å². The second-order valence-corrected chi connectivity index (χ2v) is 7.48. The number of aromatic nitrogens is 1. The van der Waals surface area contributed by atoms with Crippen LogP contribution in [0.15, 0.2) is 42.5 Å². The number of pyridine rings is 1. The number of benzene rings is 2. The zero-order valence-corrected chi connectivity index (χ0v) is 17.1. The average molecular weight is 402 g/mol. The predicted octanol–water partition coefficient (Wildman–Crippen LogP) is 6.63. The minimum atomic E-state index is -0.116. The van der Waals surface area contributed by atoms with Crippen LogP contribution in [0.2, 0.25) is 10.0 Å². The second kappa shape index (κ2) is 8.28. The molecule has 1 aromatic heterocycles. The fourth-order valence-corrected chi connectivity index (χ4v) is 3.45. The van der Waals surface area contributed by atoms with Crippen LogP contribution in [0.25, 0.3) is 10.9 Å². The molecule has 0 saturated heterocycles. The number of nitrogens with zero attached hydrogens (tertiary/aromatic N) is 1. The van der Waals surface area contributed by atoms with Crippen LogP contribution in [0.1, 0.15) is 47.8 Å². The third-order valence-corrected chi connectivity index (χ3v) is 5.33. The van der Waals surface area contributed by atoms with Gasteiger partial charge in [0, 0.05) is 16.6 Å². The Labute approximate surface area is 169 Å². The minimum Gasteiger partial charge on any atom is -0.482 e. The highest BCUT2D eigenvalue weighted by molar-refractivity contribution is 6.39. The Hall–Kier alpha value is -2.10. The topological polar surface area (TPSA) is 39.2 Å². The van der Waals surface area contributed by atoms with Crippen LogP contribution < -0.4 is 4.74 Å². The molecule has 3 nitrogen and oxygen atoms in total. The molecule has 0 N–H and O–H groups in total. The van der Waals surface area contributed by atoms with E-state index in [1.807, 2.05) is 43.3 Å². The van der Waals surface area contributed by atoms with Crippen LogP contribution in [0, 0.1) is 6.92 Å². The van der Waals surface area contributed by atoms with Crippen molar-refractivity contribution in [2.75, 3.05) is 6.61 Å². The highest BCUT2D eigenvalue weighted by atomic mass is 35.5. The molecule has 3 aromatic rings. The van der Waals surface area contributed by atoms with Crippen LogP contribution in [0.3, 0.4) is 0 Å². The lowest BCUT2D eigenvalue weighted by atomic mass is 9.97. The lowest BCUT2D eigenvalue weighted by molar-refractivity contribution is 0.0922. The normalized spacial score (nSPS) is 12.2. The predicted molar refractivity (Wildman–Crippen MR) is 111 cm³/mol. The standard InChI is InChI=1S/C22H21Cl2NO2/c1-4-13(2)15-6-8-16(9-7-15)20(26)12-27-22-19(24)11-18(23)17-10-5-14(3)25-21(17)22/h5-11,13H,4,12H2,1-3H3/t13-/m0/s1. The Bertz CT molecular complexity index is 984. The van der Waals surface area contributed by atoms with Gasteiger partial charge in [-0.3, -0.25) is 4.79 Å². The second-order valence-electron chi connectivity index (χ2n) is 6.66. The van der Waals surface area contributed by atoms with Crippen molar-refractivity contribution in [3.8, 4) is 5.75 Å². The molecule has 0 aliphatic heterocycles. The van der Waals surface area contributed by atoms with Crippen molar-refractivity contribution in [2.24, 2.45) is 0 Å². The highest BCUT2D eigenvalue weighted by Crippen LogP contribution is 2.37. The lowest BCUT2D eigenvalue weighted by Gasteiger charge is -2.12. The number of halogens is 2. The van der Waals surface area contributed by atoms with E-state index in [0.29, 0.717) is 32.8 Å². The maximum Gasteiger partial charge on any atom is 0.200 e. The number of aryl methyl sites for hydroxylation is 1. The van der Waals surface area contributed by atoms with Crippen LogP contribution >= 0.6 is 23.2 Å². The smallest absolute Gasteiger partial charge is 0.200 e. The van der Waals surface area contributed by atoms with Crippen LogP contribution in [-0.4, -0.2) is 17.4 Å². The van der Waals surface area contributed by atoms with Gasteiger partial charge >= 0.3 is 0 Å². The summed E-state index contributed by atoms with van der Waals surface area (Å²) in [5.74, 6) is 0.737. The molecular weight excluding hydrogens is 381 g/mol. The quantitative estimate of drug-likeness (QED) is 0.435. The van der Waals surface area contributed by atoms with E-state index in [9.17, 15) is 4.79 Å². The van der Waals surface area contributed by atoms with Crippen LogP contribution in [-0.2, 0) is 0 Å². The summed E-state index contributed by atoms with van der Waals surface area (Å²) in [5, 5.41) is 1.58. The van der Waals surface area contributed by atoms with Crippen LogP contribution in [0.5, 0.6) is 5.75 Å². The Morgan fingerprint density at radius 2 is 1.81 bits per heavy atom. The molecule has 3 rings (SSSR count). The molecule has 0 bridgehead atoms. The van der Waals surface area contributed by atoms with Gasteiger partial charge in [0.25, 0.3) is 0 Å². The Kier molecular flexibility index (Phi) is 6.03. The summed E-state index contributed by atoms with van der Waals surface area (Å²) in [5.41, 5.74) is 3.21. The average Bonchev–Trinajstić information content (AvgIpc) is 2.66. The molecule has 27 heavy (non-hydrogen) atoms. The highest BCUT2D eigenvalue weighted by Gasteiger charge is 2.15. The van der Waals surface area contributed by atoms with Crippen molar-refractivity contribution in [1.29, 1.82) is 0 Å². The molecule has 0 amide bonds. The van der Waals surface area contributed by atoms with Gasteiger partial charge in [0.2, 0.25) is 0 Å². The number of ether oxygens (including phenoxy) is 1. The van der Waals surface area contributed by atoms with Crippen LogP contribution in [0.4, 0.5) is 0 Å². The largest absolute Gasteiger partial charge is 0.482 e. The number of fused-ring (bicyclic) bond motifs is 1. The zero-order valence-electron chi connectivity index (χ0n) is 15.6. The molecule has 140 valence electrons. The van der Waals surface area contributed by atoms with Crippen molar-refractivity contribution in [1.82, 2.24) is 4.98 Å². The summed E-state index contributed by atoms with van der Waals surface area (Å²) in [6.07, 6.45) is 1.06. The van der Waals surface area contributed by atoms with Gasteiger partial charge in [0.1, 0.15) is 5.52 Å². The molecule has 0 aliphatic rings. The molecule has 0 unspecified atom stereocenters. The molecule has 0 spiro atoms. The van der Waals surface area contributed by atoms with Crippen molar-refractivity contribution in [3.63, 3.8) is 0 Å². The lowest BCUT2D eigenvalue weighted by Crippen LogP contribution is -2.12. The van der Waals surface area contributed by atoms with E-state index < -0.39 is 0 Å². The van der Waals surface area contributed by atoms with Gasteiger partial charge in [-0.2, -0.15) is 0 Å². The molecular formula is C22H21Cl2NO2. The first-order valence-corrected chi connectivity index (χ1v) is 9.67. The molecule has 5 heteroatoms. The fourth-order valence-electron chi connectivity index (χ4n) is 2.88. The molecule has 1 heterocycles. The fraction of sp³-hybridized carbons (Fsp3) is 0.273. The van der Waals surface area contributed by atoms with Gasteiger partial charge < -0.3 is 4.74 Å². The first-order chi connectivity index (χ1) is 12.9. The number of carbonyl (C=O) groups is 1. The van der Waals surface area contributed by atoms with Crippen molar-refractivity contribution >= 4 is 39.9 Å². The van der Waals surface area contributed by atoms with Gasteiger partial charge in [-0.1, -0.05) is 61.3 Å². The van der Waals surface area contributed by atoms with Gasteiger partial charge in [0.15, 0.2) is 18.1 Å². The monoisotopic (exact) mass is 401 g/mol. The minimum absolute atomic E-state index is 0.113. The summed E-state index contributed by atoms with van der Waals surface area (Å²) < 4.78 is 5.77. The number of ketones is 1. The Morgan fingerprint density at radius 3 is 2.48 bits per heavy atom. The molecule has 1 atom stereocenters. The van der Waals surface area contributed by atoms with Crippen molar-refractivity contribution < 1.29 is 9.53 Å². The van der Waals surface area contributed by atoms with E-state index in [1.54, 1.807) is 6.07 Å². The summed E-state index contributed by atoms with van der Waals surface area (Å²) in [6.45, 7) is 6.08. The SMILES string of the molecule is CC[C@H](C)c1ccc(C(=O)COc2c(Cl)cc(Cl)c3ccc(C)nc23)cc1. The van der Waals surface area contributed by atoms with Gasteiger partial charge in [-0.05, 0) is 43.0 Å². The first-order valence-electron chi connectivity index (χ1n) is 8.92.